The van der Waals surface area contributed by atoms with Crippen molar-refractivity contribution in [3.8, 4) is 11.3 Å². The number of nitrogen functional groups attached to an aromatic ring is 1. The van der Waals surface area contributed by atoms with Crippen LogP contribution in [0.1, 0.15) is 20.3 Å². The van der Waals surface area contributed by atoms with Gasteiger partial charge in [0, 0.05) is 43.7 Å². The molecule has 136 valence electrons. The molecule has 0 aliphatic carbocycles. The number of aromatic nitrogens is 4. The number of rotatable bonds is 3. The van der Waals surface area contributed by atoms with Crippen LogP contribution in [0.15, 0.2) is 18.5 Å². The topological polar surface area (TPSA) is 93.3 Å². The van der Waals surface area contributed by atoms with E-state index in [4.69, 9.17) is 20.4 Å². The molecule has 8 nitrogen and oxygen atoms in total. The summed E-state index contributed by atoms with van der Waals surface area (Å²) in [6.45, 7) is 8.12. The number of nitrogens with zero attached hydrogens (tertiary/aromatic N) is 6. The summed E-state index contributed by atoms with van der Waals surface area (Å²) in [6.07, 6.45) is 4.84. The molecule has 0 saturated carbocycles. The predicted molar refractivity (Wildman–Crippen MR) is 99.0 cm³/mol. The normalized spacial score (nSPS) is 26.2. The molecule has 3 aliphatic rings. The molecule has 0 amide bonds. The van der Waals surface area contributed by atoms with Crippen molar-refractivity contribution < 1.29 is 4.74 Å². The number of hydrogen-bond acceptors (Lipinski definition) is 8. The maximum Gasteiger partial charge on any atom is 0.227 e. The first-order valence-corrected chi connectivity index (χ1v) is 9.07. The summed E-state index contributed by atoms with van der Waals surface area (Å²) in [7, 11) is 0. The molecule has 3 saturated heterocycles. The third kappa shape index (κ3) is 2.65. The summed E-state index contributed by atoms with van der Waals surface area (Å²) in [5, 5.41) is 0. The number of morpholine rings is 1. The first kappa shape index (κ1) is 15.7. The number of fused-ring (bicyclic) bond motifs is 2. The van der Waals surface area contributed by atoms with Crippen LogP contribution >= 0.6 is 0 Å². The van der Waals surface area contributed by atoms with Crippen molar-refractivity contribution in [3.05, 3.63) is 18.5 Å². The summed E-state index contributed by atoms with van der Waals surface area (Å²) >= 11 is 0. The summed E-state index contributed by atoms with van der Waals surface area (Å²) in [4.78, 5) is 22.5. The minimum absolute atomic E-state index is 0.266. The van der Waals surface area contributed by atoms with E-state index in [2.05, 4.69) is 33.6 Å². The minimum atomic E-state index is 0.266. The van der Waals surface area contributed by atoms with Crippen LogP contribution in [-0.4, -0.2) is 58.3 Å². The molecule has 5 rings (SSSR count). The minimum Gasteiger partial charge on any atom is -0.374 e. The van der Waals surface area contributed by atoms with Gasteiger partial charge in [-0.05, 0) is 11.8 Å². The Labute approximate surface area is 152 Å². The summed E-state index contributed by atoms with van der Waals surface area (Å²) < 4.78 is 5.74. The Morgan fingerprint density at radius 2 is 1.96 bits per heavy atom. The van der Waals surface area contributed by atoms with Gasteiger partial charge in [-0.15, -0.1) is 0 Å². The van der Waals surface area contributed by atoms with Crippen LogP contribution in [0.2, 0.25) is 0 Å². The molecule has 5 heterocycles. The summed E-state index contributed by atoms with van der Waals surface area (Å²) in [6, 6.07) is 2.44. The van der Waals surface area contributed by atoms with E-state index in [0.717, 1.165) is 55.7 Å². The molecule has 8 heteroatoms. The first-order chi connectivity index (χ1) is 12.5. The number of nitrogens with two attached hydrogens (primary N) is 1. The van der Waals surface area contributed by atoms with Crippen molar-refractivity contribution in [2.24, 2.45) is 5.41 Å². The monoisotopic (exact) mass is 353 g/mol. The smallest absolute Gasteiger partial charge is 0.227 e. The van der Waals surface area contributed by atoms with Gasteiger partial charge in [0.15, 0.2) is 0 Å². The third-order valence-corrected chi connectivity index (χ3v) is 5.38. The molecule has 2 bridgehead atoms. The molecule has 0 aromatic carbocycles. The van der Waals surface area contributed by atoms with Gasteiger partial charge < -0.3 is 20.3 Å². The number of ether oxygens (including phenoxy) is 1. The molecule has 26 heavy (non-hydrogen) atoms. The fourth-order valence-corrected chi connectivity index (χ4v) is 4.14. The lowest BCUT2D eigenvalue weighted by molar-refractivity contribution is 0.0989. The average Bonchev–Trinajstić information content (AvgIpc) is 3.23. The van der Waals surface area contributed by atoms with Gasteiger partial charge in [-0.3, -0.25) is 0 Å². The zero-order valence-electron chi connectivity index (χ0n) is 15.1. The van der Waals surface area contributed by atoms with E-state index in [0.29, 0.717) is 17.6 Å². The molecule has 2 atom stereocenters. The van der Waals surface area contributed by atoms with E-state index in [-0.39, 0.29) is 5.95 Å². The molecular formula is C18H23N7O. The Morgan fingerprint density at radius 3 is 2.58 bits per heavy atom. The molecule has 3 aliphatic heterocycles. The van der Waals surface area contributed by atoms with Crippen LogP contribution in [0.3, 0.4) is 0 Å². The van der Waals surface area contributed by atoms with Gasteiger partial charge in [0.25, 0.3) is 0 Å². The van der Waals surface area contributed by atoms with Crippen molar-refractivity contribution >= 4 is 17.7 Å². The van der Waals surface area contributed by atoms with Crippen molar-refractivity contribution in [1.29, 1.82) is 0 Å². The molecule has 0 unspecified atom stereocenters. The van der Waals surface area contributed by atoms with Gasteiger partial charge >= 0.3 is 0 Å². The van der Waals surface area contributed by atoms with Gasteiger partial charge in [-0.1, -0.05) is 13.8 Å². The van der Waals surface area contributed by atoms with E-state index >= 15 is 0 Å². The Morgan fingerprint density at radius 1 is 1.19 bits per heavy atom. The predicted octanol–water partition coefficient (Wildman–Crippen LogP) is 1.34. The van der Waals surface area contributed by atoms with Crippen LogP contribution in [0.4, 0.5) is 17.7 Å². The lowest BCUT2D eigenvalue weighted by Gasteiger charge is -2.46. The molecule has 0 spiro atoms. The zero-order chi connectivity index (χ0) is 17.9. The van der Waals surface area contributed by atoms with Crippen molar-refractivity contribution in [2.75, 3.05) is 41.8 Å². The fraction of sp³-hybridized carbons (Fsp3) is 0.556. The maximum atomic E-state index is 5.74. The molecule has 3 fully saturated rings. The fourth-order valence-electron chi connectivity index (χ4n) is 4.14. The second kappa shape index (κ2) is 5.51. The largest absolute Gasteiger partial charge is 0.374 e. The molecule has 0 radical (unpaired) electrons. The Bertz CT molecular complexity index is 830. The van der Waals surface area contributed by atoms with Gasteiger partial charge in [-0.25, -0.2) is 15.0 Å². The second-order valence-electron chi connectivity index (χ2n) is 8.26. The highest BCUT2D eigenvalue weighted by Crippen LogP contribution is 2.36. The first-order valence-electron chi connectivity index (χ1n) is 9.07. The van der Waals surface area contributed by atoms with E-state index in [1.807, 2.05) is 6.07 Å². The second-order valence-corrected chi connectivity index (χ2v) is 8.26. The standard InChI is InChI=1S/C18H23N7O/c1-18(2)9-24(10-18)17-22-14(11-5-20-16(19)21-6-11)4-15(23-17)25-7-13-3-12(25)8-26-13/h4-6,12-13H,3,7-10H2,1-2H3,(H2,19,20,21)/t12-,13-/m0/s1. The van der Waals surface area contributed by atoms with Gasteiger partial charge in [0.1, 0.15) is 5.82 Å². The summed E-state index contributed by atoms with van der Waals surface area (Å²) in [5.74, 6) is 2.00. The van der Waals surface area contributed by atoms with Crippen LogP contribution in [0.25, 0.3) is 11.3 Å². The van der Waals surface area contributed by atoms with Crippen molar-refractivity contribution in [2.45, 2.75) is 32.4 Å². The van der Waals surface area contributed by atoms with Crippen molar-refractivity contribution in [1.82, 2.24) is 19.9 Å². The Kier molecular flexibility index (Phi) is 3.34. The SMILES string of the molecule is CC1(C)CN(c2nc(-c3cnc(N)nc3)cc(N3C[C@@H]4C[C@H]3CO4)n2)C1. The van der Waals surface area contributed by atoms with Gasteiger partial charge in [0.2, 0.25) is 11.9 Å². The van der Waals surface area contributed by atoms with E-state index < -0.39 is 0 Å². The van der Waals surface area contributed by atoms with E-state index in [1.165, 1.54) is 0 Å². The number of anilines is 3. The quantitative estimate of drug-likeness (QED) is 0.884. The number of hydrogen-bond donors (Lipinski definition) is 1. The van der Waals surface area contributed by atoms with E-state index in [9.17, 15) is 0 Å². The highest BCUT2D eigenvalue weighted by Gasteiger charge is 2.41. The van der Waals surface area contributed by atoms with Crippen LogP contribution in [0, 0.1) is 5.41 Å². The lowest BCUT2D eigenvalue weighted by Crippen LogP contribution is -2.53. The van der Waals surface area contributed by atoms with E-state index in [1.54, 1.807) is 12.4 Å². The van der Waals surface area contributed by atoms with Gasteiger partial charge in [-0.2, -0.15) is 4.98 Å². The highest BCUT2D eigenvalue weighted by atomic mass is 16.5. The Hall–Kier alpha value is -2.48. The molecule has 2 N–H and O–H groups in total. The zero-order valence-corrected chi connectivity index (χ0v) is 15.1. The third-order valence-electron chi connectivity index (χ3n) is 5.38. The Balaban J connectivity index is 1.53. The molecular weight excluding hydrogens is 330 g/mol. The highest BCUT2D eigenvalue weighted by molar-refractivity contribution is 5.65. The van der Waals surface area contributed by atoms with Crippen molar-refractivity contribution in [3.63, 3.8) is 0 Å². The maximum absolute atomic E-state index is 5.74. The van der Waals surface area contributed by atoms with Crippen LogP contribution in [-0.2, 0) is 4.74 Å². The molecule has 2 aromatic heterocycles. The van der Waals surface area contributed by atoms with Crippen LogP contribution < -0.4 is 15.5 Å². The lowest BCUT2D eigenvalue weighted by atomic mass is 9.85. The summed E-state index contributed by atoms with van der Waals surface area (Å²) in [5.41, 5.74) is 7.62. The van der Waals surface area contributed by atoms with Crippen LogP contribution in [0.5, 0.6) is 0 Å². The average molecular weight is 353 g/mol. The van der Waals surface area contributed by atoms with Gasteiger partial charge in [0.05, 0.1) is 24.4 Å². The molecule has 2 aromatic rings.